The summed E-state index contributed by atoms with van der Waals surface area (Å²) in [6.45, 7) is 1.03. The molecule has 14 nitrogen and oxygen atoms in total. The standard InChI is InChI=1S/C26H20F2N8O6S/c1-36-7-6-31-22(36)13-9-12(43-26-33-23(38)19(25(39)40)34-35-26)3-5-16(13)41-20-14(27)10-32-24(18(20)28)42-17-8-11(21(29)30)2-4-15(17)37/h2-5,8-10,37H,6-7H2,1H3,(H3,29,30)(H,39,40)(H,33,35,38). The summed E-state index contributed by atoms with van der Waals surface area (Å²) in [6.07, 6.45) is 0.681. The summed E-state index contributed by atoms with van der Waals surface area (Å²) in [6, 6.07) is 8.28. The van der Waals surface area contributed by atoms with Gasteiger partial charge in [0.15, 0.2) is 17.3 Å². The lowest BCUT2D eigenvalue weighted by atomic mass is 10.1. The summed E-state index contributed by atoms with van der Waals surface area (Å²) < 4.78 is 41.5. The van der Waals surface area contributed by atoms with Gasteiger partial charge in [-0.3, -0.25) is 10.4 Å². The van der Waals surface area contributed by atoms with E-state index < -0.39 is 46.6 Å². The molecule has 0 spiro atoms. The zero-order valence-corrected chi connectivity index (χ0v) is 22.8. The number of ether oxygens (including phenoxy) is 2. The number of nitrogens with two attached hydrogens (primary N) is 1. The Balaban J connectivity index is 1.49. The van der Waals surface area contributed by atoms with Gasteiger partial charge >= 0.3 is 5.97 Å². The van der Waals surface area contributed by atoms with Crippen molar-refractivity contribution < 1.29 is 38.4 Å². The largest absolute Gasteiger partial charge is 0.504 e. The van der Waals surface area contributed by atoms with Gasteiger partial charge in [0.05, 0.1) is 18.3 Å². The second kappa shape index (κ2) is 11.7. The van der Waals surface area contributed by atoms with Crippen LogP contribution in [0.15, 0.2) is 57.6 Å². The minimum absolute atomic E-state index is 0.0105. The predicted octanol–water partition coefficient (Wildman–Crippen LogP) is 3.37. The van der Waals surface area contributed by atoms with E-state index in [4.69, 9.17) is 25.7 Å². The molecule has 220 valence electrons. The zero-order chi connectivity index (χ0) is 30.8. The third-order valence-electron chi connectivity index (χ3n) is 5.90. The van der Waals surface area contributed by atoms with Crippen LogP contribution in [-0.4, -0.2) is 78.2 Å². The summed E-state index contributed by atoms with van der Waals surface area (Å²) in [5.41, 5.74) is 5.29. The minimum atomic E-state index is -1.49. The number of aliphatic imine (C=N–C) groups is 1. The molecule has 0 fully saturated rings. The number of phenols is 1. The molecule has 0 unspecified atom stereocenters. The van der Waals surface area contributed by atoms with E-state index in [2.05, 4.69) is 25.2 Å². The van der Waals surface area contributed by atoms with Crippen LogP contribution in [0, 0.1) is 17.0 Å². The first kappa shape index (κ1) is 28.9. The van der Waals surface area contributed by atoms with Crippen LogP contribution in [0.2, 0.25) is 0 Å². The van der Waals surface area contributed by atoms with E-state index in [9.17, 15) is 19.4 Å². The van der Waals surface area contributed by atoms with Crippen molar-refractivity contribution in [2.45, 2.75) is 10.1 Å². The number of hydrogen-bond acceptors (Lipinski definition) is 13. The minimum Gasteiger partial charge on any atom is -0.504 e. The molecule has 6 N–H and O–H groups in total. The normalized spacial score (nSPS) is 12.6. The summed E-state index contributed by atoms with van der Waals surface area (Å²) in [5, 5.41) is 43.7. The number of aromatic nitrogens is 4. The number of halogens is 2. The van der Waals surface area contributed by atoms with Gasteiger partial charge in [-0.05, 0) is 48.2 Å². The van der Waals surface area contributed by atoms with Crippen LogP contribution < -0.4 is 15.2 Å². The van der Waals surface area contributed by atoms with Gasteiger partial charge in [-0.25, -0.2) is 14.2 Å². The molecule has 0 saturated carbocycles. The van der Waals surface area contributed by atoms with Gasteiger partial charge in [-0.15, -0.1) is 10.2 Å². The SMILES string of the molecule is CN1CCN=C1c1cc(Sc2nnc(C(=O)O)c(O)n2)ccc1Oc1c(F)cnc(Oc2cc(C(=N)N)ccc2O)c1F. The van der Waals surface area contributed by atoms with Crippen LogP contribution in [0.1, 0.15) is 21.6 Å². The number of carbonyl (C=O) groups is 1. The fourth-order valence-electron chi connectivity index (χ4n) is 3.82. The lowest BCUT2D eigenvalue weighted by molar-refractivity contribution is 0.0683. The van der Waals surface area contributed by atoms with Gasteiger partial charge in [0.1, 0.15) is 17.4 Å². The number of pyridine rings is 1. The molecular formula is C26H20F2N8O6S. The Labute approximate surface area is 245 Å². The average Bonchev–Trinajstić information content (AvgIpc) is 3.39. The van der Waals surface area contributed by atoms with Crippen LogP contribution in [0.5, 0.6) is 34.8 Å². The Morgan fingerprint density at radius 3 is 2.58 bits per heavy atom. The molecule has 0 aliphatic carbocycles. The second-order valence-electron chi connectivity index (χ2n) is 8.81. The number of carboxylic acids is 1. The van der Waals surface area contributed by atoms with Crippen molar-refractivity contribution in [1.29, 1.82) is 5.41 Å². The van der Waals surface area contributed by atoms with E-state index >= 15 is 4.39 Å². The molecule has 2 aromatic carbocycles. The highest BCUT2D eigenvalue weighted by molar-refractivity contribution is 7.99. The number of carboxylic acid groups (broad SMARTS) is 1. The molecule has 17 heteroatoms. The highest BCUT2D eigenvalue weighted by Crippen LogP contribution is 2.39. The molecular weight excluding hydrogens is 590 g/mol. The van der Waals surface area contributed by atoms with Crippen LogP contribution in [0.25, 0.3) is 0 Å². The van der Waals surface area contributed by atoms with Crippen molar-refractivity contribution in [1.82, 2.24) is 25.1 Å². The first-order chi connectivity index (χ1) is 20.5. The van der Waals surface area contributed by atoms with E-state index in [0.29, 0.717) is 35.6 Å². The average molecular weight is 611 g/mol. The molecule has 0 saturated heterocycles. The number of phenolic OH excluding ortho intramolecular Hbond substituents is 1. The van der Waals surface area contributed by atoms with Crippen molar-refractivity contribution in [2.24, 2.45) is 10.7 Å². The maximum atomic E-state index is 15.5. The topological polar surface area (TPSA) is 213 Å². The summed E-state index contributed by atoms with van der Waals surface area (Å²) >= 11 is 0.933. The van der Waals surface area contributed by atoms with Gasteiger partial charge in [0, 0.05) is 24.1 Å². The van der Waals surface area contributed by atoms with Crippen molar-refractivity contribution in [3.05, 3.63) is 71.1 Å². The highest BCUT2D eigenvalue weighted by Gasteiger charge is 2.25. The number of nitrogen functional groups attached to an aromatic ring is 1. The van der Waals surface area contributed by atoms with Gasteiger partial charge in [-0.1, -0.05) is 0 Å². The van der Waals surface area contributed by atoms with Crippen LogP contribution in [0.4, 0.5) is 8.78 Å². The van der Waals surface area contributed by atoms with E-state index in [0.717, 1.165) is 11.8 Å². The molecule has 1 aliphatic heterocycles. The Kier molecular flexibility index (Phi) is 7.89. The number of amidine groups is 2. The monoisotopic (exact) mass is 610 g/mol. The summed E-state index contributed by atoms with van der Waals surface area (Å²) in [4.78, 5) is 25.2. The molecule has 1 aliphatic rings. The Hall–Kier alpha value is -5.58. The molecule has 2 aromatic heterocycles. The summed E-state index contributed by atoms with van der Waals surface area (Å²) in [7, 11) is 1.77. The third-order valence-corrected chi connectivity index (χ3v) is 6.74. The lowest BCUT2D eigenvalue weighted by Crippen LogP contribution is -2.24. The maximum absolute atomic E-state index is 15.5. The number of hydrogen-bond donors (Lipinski definition) is 5. The maximum Gasteiger partial charge on any atom is 0.362 e. The van der Waals surface area contributed by atoms with Crippen molar-refractivity contribution in [3.63, 3.8) is 0 Å². The second-order valence-corrected chi connectivity index (χ2v) is 9.85. The van der Waals surface area contributed by atoms with E-state index in [1.807, 2.05) is 0 Å². The van der Waals surface area contributed by atoms with E-state index in [-0.39, 0.29) is 28.1 Å². The molecule has 43 heavy (non-hydrogen) atoms. The Morgan fingerprint density at radius 2 is 1.91 bits per heavy atom. The molecule has 0 radical (unpaired) electrons. The number of likely N-dealkylation sites (N-methyl/N-ethyl adjacent to an activating group) is 1. The quantitative estimate of drug-likeness (QED) is 0.136. The third kappa shape index (κ3) is 6.05. The first-order valence-corrected chi connectivity index (χ1v) is 13.0. The Morgan fingerprint density at radius 1 is 1.12 bits per heavy atom. The van der Waals surface area contributed by atoms with Gasteiger partial charge in [-0.2, -0.15) is 9.37 Å². The molecule has 0 amide bonds. The Bertz CT molecular complexity index is 1810. The molecule has 0 atom stereocenters. The van der Waals surface area contributed by atoms with Crippen molar-refractivity contribution in [2.75, 3.05) is 20.1 Å². The molecule has 4 aromatic rings. The van der Waals surface area contributed by atoms with Crippen LogP contribution in [0.3, 0.4) is 0 Å². The number of nitrogens with zero attached hydrogens (tertiary/aromatic N) is 6. The smallest absolute Gasteiger partial charge is 0.362 e. The number of aromatic carboxylic acids is 1. The highest BCUT2D eigenvalue weighted by atomic mass is 32.2. The lowest BCUT2D eigenvalue weighted by Gasteiger charge is -2.19. The molecule has 5 rings (SSSR count). The van der Waals surface area contributed by atoms with Gasteiger partial charge in [0.2, 0.25) is 28.3 Å². The van der Waals surface area contributed by atoms with Gasteiger partial charge < -0.3 is 35.4 Å². The van der Waals surface area contributed by atoms with Crippen LogP contribution in [-0.2, 0) is 0 Å². The molecule has 3 heterocycles. The summed E-state index contributed by atoms with van der Waals surface area (Å²) in [5.74, 6) is -6.87. The first-order valence-electron chi connectivity index (χ1n) is 12.1. The zero-order valence-electron chi connectivity index (χ0n) is 21.9. The van der Waals surface area contributed by atoms with E-state index in [1.54, 1.807) is 18.0 Å². The number of rotatable bonds is 9. The van der Waals surface area contributed by atoms with Crippen LogP contribution >= 0.6 is 11.8 Å². The van der Waals surface area contributed by atoms with Gasteiger partial charge in [0.25, 0.3) is 5.88 Å². The number of nitrogens with one attached hydrogen (secondary N) is 1. The van der Waals surface area contributed by atoms with E-state index in [1.165, 1.54) is 30.3 Å². The van der Waals surface area contributed by atoms with Crippen molar-refractivity contribution >= 4 is 29.4 Å². The molecule has 0 bridgehead atoms. The van der Waals surface area contributed by atoms with Crippen molar-refractivity contribution in [3.8, 4) is 34.8 Å². The fraction of sp³-hybridized carbons (Fsp3) is 0.115. The fourth-order valence-corrected chi connectivity index (χ4v) is 4.56. The number of aromatic hydroxyl groups is 2. The number of benzene rings is 2. The predicted molar refractivity (Wildman–Crippen MR) is 146 cm³/mol.